The summed E-state index contributed by atoms with van der Waals surface area (Å²) in [5.41, 5.74) is 4.06. The molecule has 0 spiro atoms. The number of nitrogens with one attached hydrogen (secondary N) is 1. The second kappa shape index (κ2) is 10.8. The van der Waals surface area contributed by atoms with Crippen LogP contribution in [0.3, 0.4) is 0 Å². The number of hydrogen-bond acceptors (Lipinski definition) is 4. The third-order valence-electron chi connectivity index (χ3n) is 8.07. The van der Waals surface area contributed by atoms with E-state index in [0.717, 1.165) is 43.5 Å². The Kier molecular flexibility index (Phi) is 7.30. The van der Waals surface area contributed by atoms with Crippen LogP contribution in [0, 0.1) is 5.92 Å². The average molecular weight is 488 g/mol. The van der Waals surface area contributed by atoms with Gasteiger partial charge in [0.1, 0.15) is 6.61 Å². The van der Waals surface area contributed by atoms with Gasteiger partial charge in [0.25, 0.3) is 5.91 Å². The molecule has 2 aromatic rings. The van der Waals surface area contributed by atoms with Gasteiger partial charge >= 0.3 is 6.09 Å². The number of amides is 2. The molecule has 1 saturated carbocycles. The van der Waals surface area contributed by atoms with Gasteiger partial charge in [-0.25, -0.2) is 4.79 Å². The summed E-state index contributed by atoms with van der Waals surface area (Å²) >= 11 is 0. The van der Waals surface area contributed by atoms with E-state index in [1.54, 1.807) is 6.08 Å². The van der Waals surface area contributed by atoms with E-state index < -0.39 is 0 Å². The number of benzene rings is 2. The number of carbonyl (C=O) groups excluding carboxylic acids is 2. The molecule has 2 amide bonds. The lowest BCUT2D eigenvalue weighted by atomic mass is 9.73. The number of carbonyl (C=O) groups is 2. The Morgan fingerprint density at radius 2 is 1.83 bits per heavy atom. The van der Waals surface area contributed by atoms with Crippen molar-refractivity contribution in [2.75, 3.05) is 24.6 Å². The molecular formula is C30H37N3O3. The standard InChI is InChI=1S/C30H37N3O3/c1-3-19-36-30(35)33-18-10-15-24-27(21-11-6-5-7-12-21)32(4-2)26-17-16-22(20-25(26)28(24)33)29(34)31-23-13-8-9-14-23/h3,5-7,11-12,16-17,20,23-24,27-28H,1,4,8-10,13-15,18-19H2,2H3,(H,31,34)/t24-,27?,28-/m0/s1. The molecule has 6 nitrogen and oxygen atoms in total. The first-order chi connectivity index (χ1) is 17.6. The minimum atomic E-state index is -0.312. The molecule has 5 rings (SSSR count). The van der Waals surface area contributed by atoms with Crippen LogP contribution in [0.15, 0.2) is 61.2 Å². The van der Waals surface area contributed by atoms with Crippen molar-refractivity contribution in [3.63, 3.8) is 0 Å². The van der Waals surface area contributed by atoms with Crippen molar-refractivity contribution in [3.8, 4) is 0 Å². The predicted octanol–water partition coefficient (Wildman–Crippen LogP) is 6.02. The van der Waals surface area contributed by atoms with Crippen molar-refractivity contribution in [3.05, 3.63) is 77.9 Å². The third-order valence-corrected chi connectivity index (χ3v) is 8.07. The van der Waals surface area contributed by atoms with E-state index in [9.17, 15) is 9.59 Å². The van der Waals surface area contributed by atoms with Crippen molar-refractivity contribution in [1.29, 1.82) is 0 Å². The second-order valence-electron chi connectivity index (χ2n) is 10.2. The van der Waals surface area contributed by atoms with Gasteiger partial charge in [-0.05, 0) is 61.9 Å². The molecule has 0 radical (unpaired) electrons. The highest BCUT2D eigenvalue weighted by atomic mass is 16.6. The molecule has 1 aliphatic carbocycles. The Morgan fingerprint density at radius 1 is 1.06 bits per heavy atom. The van der Waals surface area contributed by atoms with Crippen LogP contribution in [0.1, 0.15) is 79.0 Å². The summed E-state index contributed by atoms with van der Waals surface area (Å²) < 4.78 is 5.53. The highest BCUT2D eigenvalue weighted by molar-refractivity contribution is 5.95. The van der Waals surface area contributed by atoms with Crippen molar-refractivity contribution in [2.45, 2.75) is 63.6 Å². The molecule has 3 aliphatic rings. The smallest absolute Gasteiger partial charge is 0.410 e. The maximum atomic E-state index is 13.2. The zero-order valence-corrected chi connectivity index (χ0v) is 21.2. The van der Waals surface area contributed by atoms with Gasteiger partial charge in [0, 0.05) is 36.3 Å². The van der Waals surface area contributed by atoms with E-state index in [0.29, 0.717) is 12.1 Å². The summed E-state index contributed by atoms with van der Waals surface area (Å²) in [5.74, 6) is 0.170. The SMILES string of the molecule is C=CCOC(=O)N1CCC[C@H]2C(c3ccccc3)N(CC)c3ccc(C(=O)NC4CCCC4)cc3[C@H]21. The molecule has 2 aliphatic heterocycles. The number of likely N-dealkylation sites (tertiary alicyclic amines) is 1. The number of anilines is 1. The number of rotatable bonds is 6. The van der Waals surface area contributed by atoms with Crippen LogP contribution < -0.4 is 10.2 Å². The van der Waals surface area contributed by atoms with E-state index >= 15 is 0 Å². The highest BCUT2D eigenvalue weighted by Gasteiger charge is 2.47. The molecular weight excluding hydrogens is 450 g/mol. The molecule has 1 N–H and O–H groups in total. The summed E-state index contributed by atoms with van der Waals surface area (Å²) in [6.45, 7) is 7.54. The molecule has 0 bridgehead atoms. The van der Waals surface area contributed by atoms with Crippen LogP contribution >= 0.6 is 0 Å². The maximum absolute atomic E-state index is 13.2. The molecule has 2 heterocycles. The fourth-order valence-electron chi connectivity index (χ4n) is 6.53. The quantitative estimate of drug-likeness (QED) is 0.507. The monoisotopic (exact) mass is 487 g/mol. The summed E-state index contributed by atoms with van der Waals surface area (Å²) in [5, 5.41) is 3.23. The van der Waals surface area contributed by atoms with Crippen LogP contribution in [-0.4, -0.2) is 42.6 Å². The van der Waals surface area contributed by atoms with Crippen LogP contribution in [0.25, 0.3) is 0 Å². The molecule has 1 unspecified atom stereocenters. The first kappa shape index (κ1) is 24.4. The Balaban J connectivity index is 1.58. The topological polar surface area (TPSA) is 61.9 Å². The normalized spacial score (nSPS) is 23.5. The Morgan fingerprint density at radius 3 is 2.56 bits per heavy atom. The zero-order valence-electron chi connectivity index (χ0n) is 21.2. The number of piperidine rings is 1. The van der Waals surface area contributed by atoms with Crippen molar-refractivity contribution in [2.24, 2.45) is 5.92 Å². The Bertz CT molecular complexity index is 1100. The number of hydrogen-bond donors (Lipinski definition) is 1. The fourth-order valence-corrected chi connectivity index (χ4v) is 6.53. The second-order valence-corrected chi connectivity index (χ2v) is 10.2. The molecule has 36 heavy (non-hydrogen) atoms. The van der Waals surface area contributed by atoms with Crippen LogP contribution in [0.2, 0.25) is 0 Å². The van der Waals surface area contributed by atoms with Crippen molar-refractivity contribution in [1.82, 2.24) is 10.2 Å². The third kappa shape index (κ3) is 4.61. The molecule has 2 fully saturated rings. The van der Waals surface area contributed by atoms with Crippen molar-refractivity contribution >= 4 is 17.7 Å². The van der Waals surface area contributed by atoms with Crippen LogP contribution in [0.5, 0.6) is 0 Å². The van der Waals surface area contributed by atoms with Gasteiger partial charge in [-0.1, -0.05) is 55.8 Å². The Hall–Kier alpha value is -3.28. The fraction of sp³-hybridized carbons (Fsp3) is 0.467. The largest absolute Gasteiger partial charge is 0.445 e. The number of nitrogens with zero attached hydrogens (tertiary/aromatic N) is 2. The summed E-state index contributed by atoms with van der Waals surface area (Å²) in [4.78, 5) is 30.8. The van der Waals surface area contributed by atoms with Gasteiger partial charge < -0.3 is 19.9 Å². The summed E-state index contributed by atoms with van der Waals surface area (Å²) in [6.07, 6.45) is 7.66. The molecule has 190 valence electrons. The van der Waals surface area contributed by atoms with Crippen molar-refractivity contribution < 1.29 is 14.3 Å². The number of ether oxygens (including phenoxy) is 1. The number of fused-ring (bicyclic) bond motifs is 3. The molecule has 2 aromatic carbocycles. The predicted molar refractivity (Wildman–Crippen MR) is 142 cm³/mol. The maximum Gasteiger partial charge on any atom is 0.410 e. The van der Waals surface area contributed by atoms with E-state index in [-0.39, 0.29) is 42.7 Å². The highest BCUT2D eigenvalue weighted by Crippen LogP contribution is 2.53. The van der Waals surface area contributed by atoms with Gasteiger partial charge in [-0.2, -0.15) is 0 Å². The lowest BCUT2D eigenvalue weighted by molar-refractivity contribution is 0.0465. The summed E-state index contributed by atoms with van der Waals surface area (Å²) in [7, 11) is 0. The summed E-state index contributed by atoms with van der Waals surface area (Å²) in [6, 6.07) is 16.9. The van der Waals surface area contributed by atoms with Gasteiger partial charge in [-0.15, -0.1) is 0 Å². The van der Waals surface area contributed by atoms with E-state index in [1.165, 1.54) is 18.4 Å². The van der Waals surface area contributed by atoms with Gasteiger partial charge in [0.15, 0.2) is 0 Å². The lowest BCUT2D eigenvalue weighted by Crippen LogP contribution is -2.51. The molecule has 3 atom stereocenters. The van der Waals surface area contributed by atoms with E-state index in [1.807, 2.05) is 23.1 Å². The first-order valence-electron chi connectivity index (χ1n) is 13.4. The minimum Gasteiger partial charge on any atom is -0.445 e. The van der Waals surface area contributed by atoms with E-state index in [4.69, 9.17) is 4.74 Å². The van der Waals surface area contributed by atoms with Gasteiger partial charge in [0.2, 0.25) is 0 Å². The van der Waals surface area contributed by atoms with Crippen LogP contribution in [-0.2, 0) is 4.74 Å². The van der Waals surface area contributed by atoms with Gasteiger partial charge in [-0.3, -0.25) is 4.79 Å². The van der Waals surface area contributed by atoms with Crippen LogP contribution in [0.4, 0.5) is 10.5 Å². The van der Waals surface area contributed by atoms with Gasteiger partial charge in [0.05, 0.1) is 12.1 Å². The lowest BCUT2D eigenvalue weighted by Gasteiger charge is -2.52. The molecule has 1 saturated heterocycles. The molecule has 6 heteroatoms. The first-order valence-corrected chi connectivity index (χ1v) is 13.4. The van der Waals surface area contributed by atoms with E-state index in [2.05, 4.69) is 54.1 Å². The molecule has 0 aromatic heterocycles. The minimum absolute atomic E-state index is 0.0222. The zero-order chi connectivity index (χ0) is 25.1. The average Bonchev–Trinajstić information content (AvgIpc) is 3.43. The Labute approximate surface area is 214 Å².